The molecule has 0 unspecified atom stereocenters. The fraction of sp³-hybridized carbons (Fsp3) is 0.435. The Morgan fingerprint density at radius 2 is 1.88 bits per heavy atom. The van der Waals surface area contributed by atoms with E-state index in [0.29, 0.717) is 36.9 Å². The van der Waals surface area contributed by atoms with E-state index in [1.165, 1.54) is 10.5 Å². The van der Waals surface area contributed by atoms with Gasteiger partial charge >= 0.3 is 5.97 Å². The van der Waals surface area contributed by atoms with Gasteiger partial charge in [-0.25, -0.2) is 0 Å². The van der Waals surface area contributed by atoms with Crippen molar-refractivity contribution in [3.8, 4) is 0 Å². The van der Waals surface area contributed by atoms with Crippen LogP contribution in [0.2, 0.25) is 0 Å². The van der Waals surface area contributed by atoms with Crippen LogP contribution in [0.4, 0.5) is 5.69 Å². The highest BCUT2D eigenvalue weighted by molar-refractivity contribution is 7.77. The molecule has 2 heterocycles. The van der Waals surface area contributed by atoms with Gasteiger partial charge in [-0.3, -0.25) is 19.3 Å². The van der Waals surface area contributed by atoms with Crippen molar-refractivity contribution in [2.75, 3.05) is 39.3 Å². The van der Waals surface area contributed by atoms with Crippen LogP contribution in [-0.4, -0.2) is 67.0 Å². The second-order valence-electron chi connectivity index (χ2n) is 9.22. The van der Waals surface area contributed by atoms with Crippen molar-refractivity contribution in [3.63, 3.8) is 0 Å². The molecule has 2 aliphatic rings. The lowest BCUT2D eigenvalue weighted by atomic mass is 9.88. The van der Waals surface area contributed by atoms with Crippen molar-refractivity contribution in [3.05, 3.63) is 41.0 Å². The first-order valence-electron chi connectivity index (χ1n) is 10.8. The number of nitrogens with one attached hydrogen (secondary N) is 1. The highest BCUT2D eigenvalue weighted by atomic mass is 32.1. The molecule has 10 heteroatoms. The van der Waals surface area contributed by atoms with Crippen LogP contribution in [0.25, 0.3) is 10.8 Å². The van der Waals surface area contributed by atoms with Gasteiger partial charge in [0.1, 0.15) is 6.54 Å². The van der Waals surface area contributed by atoms with Crippen molar-refractivity contribution >= 4 is 47.1 Å². The number of unbranched alkanes of at least 4 members (excludes halogenated alkanes) is 2. The maximum atomic E-state index is 13.4. The van der Waals surface area contributed by atoms with Crippen molar-refractivity contribution in [1.29, 1.82) is 0 Å². The summed E-state index contributed by atoms with van der Waals surface area (Å²) in [6.45, 7) is 2.01. The summed E-state index contributed by atoms with van der Waals surface area (Å²) in [6, 6.07) is 7.70. The average molecular weight is 475 g/mol. The van der Waals surface area contributed by atoms with Gasteiger partial charge in [0, 0.05) is 36.5 Å². The van der Waals surface area contributed by atoms with Crippen LogP contribution < -0.4 is 9.79 Å². The number of carbonyl (C=O) groups excluding carboxylic acids is 3. The fourth-order valence-electron chi connectivity index (χ4n) is 4.91. The van der Waals surface area contributed by atoms with Crippen LogP contribution in [0.3, 0.4) is 0 Å². The van der Waals surface area contributed by atoms with Crippen LogP contribution in [0, 0.1) is 0 Å². The van der Waals surface area contributed by atoms with Gasteiger partial charge in [0.05, 0.1) is 25.3 Å². The molecule has 0 saturated carbocycles. The lowest BCUT2D eigenvalue weighted by Crippen LogP contribution is -2.50. The first kappa shape index (κ1) is 25.0. The minimum absolute atomic E-state index is 0. The van der Waals surface area contributed by atoms with Crippen molar-refractivity contribution in [1.82, 2.24) is 9.79 Å². The molecule has 0 spiro atoms. The van der Waals surface area contributed by atoms with E-state index < -0.39 is 0 Å². The van der Waals surface area contributed by atoms with Crippen molar-refractivity contribution in [2.24, 2.45) is 0 Å². The zero-order chi connectivity index (χ0) is 23.0. The molecule has 2 aliphatic heterocycles. The number of imide groups is 1. The lowest BCUT2D eigenvalue weighted by Gasteiger charge is -2.41. The summed E-state index contributed by atoms with van der Waals surface area (Å²) in [5.41, 5.74) is 3.42. The third-order valence-electron chi connectivity index (χ3n) is 6.21. The normalized spacial score (nSPS) is 16.5. The molecule has 2 aromatic carbocycles. The number of hydrogen-bond acceptors (Lipinski definition) is 8. The predicted molar refractivity (Wildman–Crippen MR) is 127 cm³/mol. The van der Waals surface area contributed by atoms with E-state index in [-0.39, 0.29) is 29.7 Å². The maximum Gasteiger partial charge on any atom is 0.325 e. The molecule has 0 atom stereocenters. The third-order valence-corrected chi connectivity index (χ3v) is 6.31. The minimum Gasteiger partial charge on any atom is -0.870 e. The summed E-state index contributed by atoms with van der Waals surface area (Å²) in [4.78, 5) is 48.2. The molecule has 2 aromatic rings. The van der Waals surface area contributed by atoms with E-state index in [2.05, 4.69) is 41.5 Å². The summed E-state index contributed by atoms with van der Waals surface area (Å²) in [6.07, 6.45) is 2.20. The Hall–Kier alpha value is -2.66. The Morgan fingerprint density at radius 1 is 1.15 bits per heavy atom. The first-order chi connectivity index (χ1) is 15.2. The Kier molecular flexibility index (Phi) is 7.32. The summed E-state index contributed by atoms with van der Waals surface area (Å²) in [5, 5.41) is 1.76. The van der Waals surface area contributed by atoms with Crippen molar-refractivity contribution in [2.45, 2.75) is 32.2 Å². The Morgan fingerprint density at radius 3 is 2.61 bits per heavy atom. The number of anilines is 1. The monoisotopic (exact) mass is 474 g/mol. The molecule has 178 valence electrons. The van der Waals surface area contributed by atoms with Crippen LogP contribution >= 0.6 is 12.8 Å². The largest absolute Gasteiger partial charge is 0.870 e. The van der Waals surface area contributed by atoms with Gasteiger partial charge in [-0.05, 0) is 30.4 Å². The standard InChI is InChI=1S/C23H29N4O4S.H2O/c1-25-14-27(2,3)13-18-15-8-7-9-16-21(15)17(12-19(18)25)23(30)26(22(16)29)11-6-4-5-10-20(28)31-24-32;/h7-9,12,24,32H,4-6,10-11,13-14H2,1-3H3;1H2/q+1;/p-1. The van der Waals surface area contributed by atoms with Gasteiger partial charge in [-0.15, -0.1) is 0 Å². The molecule has 0 saturated heterocycles. The van der Waals surface area contributed by atoms with Crippen LogP contribution in [0.15, 0.2) is 24.3 Å². The predicted octanol–water partition coefficient (Wildman–Crippen LogP) is 2.70. The van der Waals surface area contributed by atoms with E-state index in [9.17, 15) is 14.4 Å². The van der Waals surface area contributed by atoms with Crippen LogP contribution in [0.1, 0.15) is 52.0 Å². The van der Waals surface area contributed by atoms with Gasteiger partial charge in [0.2, 0.25) is 0 Å². The van der Waals surface area contributed by atoms with E-state index >= 15 is 0 Å². The number of quaternary nitrogens is 1. The molecular formula is C23H30N4O5S. The zero-order valence-electron chi connectivity index (χ0n) is 19.1. The average Bonchev–Trinajstić information content (AvgIpc) is 2.73. The van der Waals surface area contributed by atoms with Crippen LogP contribution in [0.5, 0.6) is 0 Å². The number of benzene rings is 2. The lowest BCUT2D eigenvalue weighted by molar-refractivity contribution is -0.904. The van der Waals surface area contributed by atoms with Gasteiger partial charge in [-0.1, -0.05) is 36.3 Å². The van der Waals surface area contributed by atoms with Crippen molar-refractivity contribution < 1.29 is 29.2 Å². The topological polar surface area (TPSA) is 109 Å². The highest BCUT2D eigenvalue weighted by Gasteiger charge is 2.37. The number of nitrogens with zero attached hydrogens (tertiary/aromatic N) is 3. The number of thiol groups is 1. The molecule has 4 rings (SSSR count). The number of amides is 2. The summed E-state index contributed by atoms with van der Waals surface area (Å²) >= 11 is 3.62. The molecule has 0 aliphatic carbocycles. The molecule has 0 fully saturated rings. The summed E-state index contributed by atoms with van der Waals surface area (Å²) < 4.78 is 0.813. The molecular weight excluding hydrogens is 444 g/mol. The molecule has 9 nitrogen and oxygen atoms in total. The molecule has 2 N–H and O–H groups in total. The van der Waals surface area contributed by atoms with Crippen LogP contribution in [-0.2, 0) is 16.2 Å². The van der Waals surface area contributed by atoms with E-state index in [0.717, 1.165) is 34.2 Å². The smallest absolute Gasteiger partial charge is 0.325 e. The Bertz CT molecular complexity index is 1100. The third kappa shape index (κ3) is 4.70. The molecule has 0 bridgehead atoms. The molecule has 33 heavy (non-hydrogen) atoms. The quantitative estimate of drug-likeness (QED) is 0.209. The molecule has 0 aromatic heterocycles. The van der Waals surface area contributed by atoms with E-state index in [1.54, 1.807) is 0 Å². The minimum atomic E-state index is -0.388. The van der Waals surface area contributed by atoms with Gasteiger partial charge in [0.25, 0.3) is 11.8 Å². The highest BCUT2D eigenvalue weighted by Crippen LogP contribution is 2.40. The SMILES string of the molecule is CN1C[N+](C)(C)Cc2c1cc1c3c(cccc23)C(=O)N(CCCCCC(=O)ONS)C1=O.[OH-]. The van der Waals surface area contributed by atoms with E-state index in [4.69, 9.17) is 0 Å². The van der Waals surface area contributed by atoms with Gasteiger partial charge in [0.15, 0.2) is 6.67 Å². The second-order valence-corrected chi connectivity index (χ2v) is 9.40. The molecule has 2 amide bonds. The fourth-order valence-corrected chi connectivity index (χ4v) is 5.02. The summed E-state index contributed by atoms with van der Waals surface area (Å²) in [5.74, 6) is -0.876. The summed E-state index contributed by atoms with van der Waals surface area (Å²) in [7, 11) is 6.41. The molecule has 0 radical (unpaired) electrons. The number of rotatable bonds is 7. The Labute approximate surface area is 198 Å². The van der Waals surface area contributed by atoms with Gasteiger partial charge < -0.3 is 19.7 Å². The second kappa shape index (κ2) is 9.68. The first-order valence-corrected chi connectivity index (χ1v) is 11.2. The number of fused-ring (bicyclic) bond motifs is 2. The number of hydrogen-bond donors (Lipinski definition) is 2. The van der Waals surface area contributed by atoms with Gasteiger partial charge in [-0.2, -0.15) is 0 Å². The van der Waals surface area contributed by atoms with E-state index in [1.807, 2.05) is 31.3 Å². The Balaban J connectivity index is 0.00000306. The maximum absolute atomic E-state index is 13.4. The zero-order valence-corrected chi connectivity index (χ0v) is 20.0. The number of carbonyl (C=O) groups is 3.